The van der Waals surface area contributed by atoms with Crippen LogP contribution < -0.4 is 0 Å². The Morgan fingerprint density at radius 1 is 0.857 bits per heavy atom. The molecule has 0 amide bonds. The van der Waals surface area contributed by atoms with Crippen LogP contribution in [0.15, 0.2) is 23.8 Å². The van der Waals surface area contributed by atoms with Gasteiger partial charge >= 0.3 is 5.97 Å². The fourth-order valence-corrected chi connectivity index (χ4v) is 2.36. The zero-order valence-corrected chi connectivity index (χ0v) is 14.1. The van der Waals surface area contributed by atoms with E-state index in [2.05, 4.69) is 26.0 Å². The first-order valence-corrected chi connectivity index (χ1v) is 8.77. The molecule has 0 spiro atoms. The second kappa shape index (κ2) is 15.3. The van der Waals surface area contributed by atoms with Crippen LogP contribution in [0.25, 0.3) is 0 Å². The van der Waals surface area contributed by atoms with Gasteiger partial charge in [0.25, 0.3) is 0 Å². The monoisotopic (exact) mass is 294 g/mol. The van der Waals surface area contributed by atoms with Gasteiger partial charge in [0.15, 0.2) is 0 Å². The molecule has 0 fully saturated rings. The fourth-order valence-electron chi connectivity index (χ4n) is 2.36. The molecule has 0 unspecified atom stereocenters. The predicted octanol–water partition coefficient (Wildman–Crippen LogP) is 6.27. The van der Waals surface area contributed by atoms with E-state index >= 15 is 0 Å². The lowest BCUT2D eigenvalue weighted by Gasteiger charge is -2.07. The van der Waals surface area contributed by atoms with E-state index in [0.717, 1.165) is 0 Å². The quantitative estimate of drug-likeness (QED) is 0.302. The van der Waals surface area contributed by atoms with E-state index in [1.807, 2.05) is 6.08 Å². The Bertz CT molecular complexity index is 289. The highest BCUT2D eigenvalue weighted by molar-refractivity contribution is 5.66. The summed E-state index contributed by atoms with van der Waals surface area (Å²) in [7, 11) is 0. The number of rotatable bonds is 14. The Kier molecular flexibility index (Phi) is 14.6. The molecule has 2 nitrogen and oxygen atoms in total. The zero-order valence-electron chi connectivity index (χ0n) is 14.1. The molecule has 0 atom stereocenters. The summed E-state index contributed by atoms with van der Waals surface area (Å²) >= 11 is 0. The van der Waals surface area contributed by atoms with E-state index in [9.17, 15) is 4.79 Å². The second-order valence-electron chi connectivity index (χ2n) is 5.81. The van der Waals surface area contributed by atoms with E-state index in [-0.39, 0.29) is 6.42 Å². The van der Waals surface area contributed by atoms with Crippen LogP contribution in [0.5, 0.6) is 0 Å². The molecule has 0 saturated carbocycles. The first kappa shape index (κ1) is 19.9. The standard InChI is InChI=1S/C19H34O2/c1-3-5-7-10-14-18(15-11-8-6-4-2)16-12-9-13-17-19(20)21/h9,12,16H,3-8,10-11,13-15,17H2,1-2H3,(H,20,21)/b12-9+. The van der Waals surface area contributed by atoms with Gasteiger partial charge in [-0.25, -0.2) is 0 Å². The molecule has 21 heavy (non-hydrogen) atoms. The number of carboxylic acid groups (broad SMARTS) is 1. The lowest BCUT2D eigenvalue weighted by molar-refractivity contribution is -0.136. The summed E-state index contributed by atoms with van der Waals surface area (Å²) in [4.78, 5) is 10.5. The van der Waals surface area contributed by atoms with Gasteiger partial charge in [-0.1, -0.05) is 76.2 Å². The molecule has 0 heterocycles. The Morgan fingerprint density at radius 3 is 1.90 bits per heavy atom. The van der Waals surface area contributed by atoms with E-state index in [0.29, 0.717) is 6.42 Å². The van der Waals surface area contributed by atoms with Crippen LogP contribution >= 0.6 is 0 Å². The van der Waals surface area contributed by atoms with Crippen molar-refractivity contribution in [3.63, 3.8) is 0 Å². The SMILES string of the molecule is CCCCCCC(=C/C=C/CCC(=O)O)CCCCCC. The van der Waals surface area contributed by atoms with Crippen molar-refractivity contribution in [3.8, 4) is 0 Å². The third-order valence-electron chi connectivity index (χ3n) is 3.70. The summed E-state index contributed by atoms with van der Waals surface area (Å²) in [6.07, 6.45) is 20.0. The molecule has 0 rings (SSSR count). The van der Waals surface area contributed by atoms with Crippen LogP contribution in [0.1, 0.15) is 90.9 Å². The summed E-state index contributed by atoms with van der Waals surface area (Å²) in [6, 6.07) is 0. The number of aliphatic carboxylic acids is 1. The molecule has 0 aromatic carbocycles. The number of carboxylic acids is 1. The number of allylic oxidation sites excluding steroid dienone is 4. The maximum Gasteiger partial charge on any atom is 0.303 e. The minimum atomic E-state index is -0.719. The Morgan fingerprint density at radius 2 is 1.43 bits per heavy atom. The van der Waals surface area contributed by atoms with Gasteiger partial charge in [-0.3, -0.25) is 4.79 Å². The maximum absolute atomic E-state index is 10.5. The van der Waals surface area contributed by atoms with Crippen molar-refractivity contribution in [1.29, 1.82) is 0 Å². The van der Waals surface area contributed by atoms with Crippen molar-refractivity contribution >= 4 is 5.97 Å². The van der Waals surface area contributed by atoms with Crippen LogP contribution in [0.2, 0.25) is 0 Å². The van der Waals surface area contributed by atoms with Crippen molar-refractivity contribution in [2.75, 3.05) is 0 Å². The Labute approximate surface area is 131 Å². The average Bonchev–Trinajstić information content (AvgIpc) is 2.46. The molecule has 0 aliphatic rings. The summed E-state index contributed by atoms with van der Waals surface area (Å²) in [5.41, 5.74) is 1.54. The van der Waals surface area contributed by atoms with Crippen LogP contribution in [-0.2, 0) is 4.79 Å². The Balaban J connectivity index is 4.10. The van der Waals surface area contributed by atoms with Crippen LogP contribution in [0, 0.1) is 0 Å². The van der Waals surface area contributed by atoms with Gasteiger partial charge in [0, 0.05) is 6.42 Å². The van der Waals surface area contributed by atoms with Crippen LogP contribution in [0.3, 0.4) is 0 Å². The molecule has 0 aromatic heterocycles. The van der Waals surface area contributed by atoms with Gasteiger partial charge in [0.1, 0.15) is 0 Å². The van der Waals surface area contributed by atoms with E-state index in [1.54, 1.807) is 0 Å². The highest BCUT2D eigenvalue weighted by atomic mass is 16.4. The summed E-state index contributed by atoms with van der Waals surface area (Å²) in [6.45, 7) is 4.49. The van der Waals surface area contributed by atoms with Gasteiger partial charge in [-0.15, -0.1) is 0 Å². The van der Waals surface area contributed by atoms with E-state index in [4.69, 9.17) is 5.11 Å². The van der Waals surface area contributed by atoms with Crippen LogP contribution in [-0.4, -0.2) is 11.1 Å². The molecule has 0 aromatic rings. The van der Waals surface area contributed by atoms with Crippen molar-refractivity contribution in [2.45, 2.75) is 90.9 Å². The van der Waals surface area contributed by atoms with Crippen molar-refractivity contribution < 1.29 is 9.90 Å². The normalized spacial score (nSPS) is 11.0. The number of unbranched alkanes of at least 4 members (excludes halogenated alkanes) is 6. The van der Waals surface area contributed by atoms with Gasteiger partial charge in [-0.2, -0.15) is 0 Å². The minimum absolute atomic E-state index is 0.229. The minimum Gasteiger partial charge on any atom is -0.481 e. The summed E-state index contributed by atoms with van der Waals surface area (Å²) in [5, 5.41) is 8.61. The molecule has 0 radical (unpaired) electrons. The number of carbonyl (C=O) groups is 1. The van der Waals surface area contributed by atoms with Crippen LogP contribution in [0.4, 0.5) is 0 Å². The highest BCUT2D eigenvalue weighted by Gasteiger charge is 1.98. The zero-order chi connectivity index (χ0) is 15.8. The smallest absolute Gasteiger partial charge is 0.303 e. The van der Waals surface area contributed by atoms with Gasteiger partial charge in [-0.05, 0) is 32.1 Å². The third-order valence-corrected chi connectivity index (χ3v) is 3.70. The fraction of sp³-hybridized carbons (Fsp3) is 0.737. The molecular formula is C19H34O2. The lowest BCUT2D eigenvalue weighted by atomic mass is 10.00. The summed E-state index contributed by atoms with van der Waals surface area (Å²) < 4.78 is 0. The largest absolute Gasteiger partial charge is 0.481 e. The first-order chi connectivity index (χ1) is 10.2. The van der Waals surface area contributed by atoms with Crippen molar-refractivity contribution in [3.05, 3.63) is 23.8 Å². The average molecular weight is 294 g/mol. The number of hydrogen-bond acceptors (Lipinski definition) is 1. The molecule has 0 bridgehead atoms. The summed E-state index contributed by atoms with van der Waals surface area (Å²) in [5.74, 6) is -0.719. The molecule has 122 valence electrons. The number of hydrogen-bond donors (Lipinski definition) is 1. The van der Waals surface area contributed by atoms with Crippen molar-refractivity contribution in [2.24, 2.45) is 0 Å². The first-order valence-electron chi connectivity index (χ1n) is 8.77. The van der Waals surface area contributed by atoms with E-state index in [1.165, 1.54) is 69.8 Å². The molecule has 0 aliphatic carbocycles. The maximum atomic E-state index is 10.5. The van der Waals surface area contributed by atoms with Gasteiger partial charge in [0.05, 0.1) is 0 Å². The Hall–Kier alpha value is -1.05. The predicted molar refractivity (Wildman–Crippen MR) is 91.6 cm³/mol. The van der Waals surface area contributed by atoms with Gasteiger partial charge < -0.3 is 5.11 Å². The third kappa shape index (κ3) is 15.2. The van der Waals surface area contributed by atoms with Crippen molar-refractivity contribution in [1.82, 2.24) is 0 Å². The molecule has 0 aliphatic heterocycles. The molecule has 2 heteroatoms. The highest BCUT2D eigenvalue weighted by Crippen LogP contribution is 2.17. The molecule has 0 saturated heterocycles. The molecular weight excluding hydrogens is 260 g/mol. The second-order valence-corrected chi connectivity index (χ2v) is 5.81. The molecule has 1 N–H and O–H groups in total. The van der Waals surface area contributed by atoms with E-state index < -0.39 is 5.97 Å². The van der Waals surface area contributed by atoms with Gasteiger partial charge in [0.2, 0.25) is 0 Å². The topological polar surface area (TPSA) is 37.3 Å². The lowest BCUT2D eigenvalue weighted by Crippen LogP contribution is -1.91.